The highest BCUT2D eigenvalue weighted by atomic mass is 16.3. The van der Waals surface area contributed by atoms with Gasteiger partial charge in [-0.1, -0.05) is 30.3 Å². The lowest BCUT2D eigenvalue weighted by Gasteiger charge is -2.39. The zero-order valence-electron chi connectivity index (χ0n) is 10.1. The molecule has 0 aromatic heterocycles. The number of rotatable bonds is 2. The topological polar surface area (TPSA) is 47.3 Å². The van der Waals surface area contributed by atoms with Crippen LogP contribution in [-0.4, -0.2) is 29.2 Å². The molecule has 0 bridgehead atoms. The first kappa shape index (κ1) is 12.1. The molecule has 0 aliphatic carbocycles. The second-order valence-electron chi connectivity index (χ2n) is 5.02. The van der Waals surface area contributed by atoms with Gasteiger partial charge in [-0.3, -0.25) is 4.90 Å². The lowest BCUT2D eigenvalue weighted by atomic mass is 9.79. The van der Waals surface area contributed by atoms with Crippen molar-refractivity contribution in [2.24, 2.45) is 5.41 Å². The van der Waals surface area contributed by atoms with Crippen molar-refractivity contribution in [3.8, 4) is 6.07 Å². The molecule has 90 valence electrons. The van der Waals surface area contributed by atoms with Crippen LogP contribution in [0.1, 0.15) is 18.9 Å². The molecule has 0 spiro atoms. The average Bonchev–Trinajstić information content (AvgIpc) is 2.35. The molecule has 1 aliphatic heterocycles. The Morgan fingerprint density at radius 1 is 1.47 bits per heavy atom. The molecule has 1 N–H and O–H groups in total. The number of benzene rings is 1. The summed E-state index contributed by atoms with van der Waals surface area (Å²) < 4.78 is 0. The van der Waals surface area contributed by atoms with E-state index in [1.54, 1.807) is 0 Å². The van der Waals surface area contributed by atoms with E-state index in [4.69, 9.17) is 5.26 Å². The summed E-state index contributed by atoms with van der Waals surface area (Å²) in [4.78, 5) is 2.21. The van der Waals surface area contributed by atoms with Crippen LogP contribution in [0.4, 0.5) is 0 Å². The van der Waals surface area contributed by atoms with Gasteiger partial charge in [0.25, 0.3) is 0 Å². The normalized spacial score (nSPS) is 29.8. The maximum atomic E-state index is 10.0. The van der Waals surface area contributed by atoms with E-state index in [1.165, 1.54) is 5.56 Å². The molecule has 1 aromatic rings. The van der Waals surface area contributed by atoms with E-state index >= 15 is 0 Å². The molecule has 1 heterocycles. The molecule has 1 aromatic carbocycles. The number of likely N-dealkylation sites (tertiary alicyclic amines) is 1. The van der Waals surface area contributed by atoms with Gasteiger partial charge in [-0.2, -0.15) is 5.26 Å². The minimum atomic E-state index is -0.576. The third-order valence-corrected chi connectivity index (χ3v) is 3.62. The summed E-state index contributed by atoms with van der Waals surface area (Å²) in [5, 5.41) is 19.1. The Balaban J connectivity index is 1.97. The lowest BCUT2D eigenvalue weighted by molar-refractivity contribution is -0.00809. The van der Waals surface area contributed by atoms with Crippen LogP contribution in [0.5, 0.6) is 0 Å². The van der Waals surface area contributed by atoms with Gasteiger partial charge in [-0.15, -0.1) is 0 Å². The van der Waals surface area contributed by atoms with Crippen molar-refractivity contribution in [1.29, 1.82) is 5.26 Å². The Hall–Kier alpha value is -1.37. The molecule has 2 atom stereocenters. The van der Waals surface area contributed by atoms with Gasteiger partial charge in [0.1, 0.15) is 0 Å². The number of piperidine rings is 1. The minimum Gasteiger partial charge on any atom is -0.390 e. The van der Waals surface area contributed by atoms with Crippen LogP contribution in [0.2, 0.25) is 0 Å². The summed E-state index contributed by atoms with van der Waals surface area (Å²) in [5.41, 5.74) is 0.674. The molecule has 1 aliphatic rings. The first-order chi connectivity index (χ1) is 8.14. The van der Waals surface area contributed by atoms with E-state index in [9.17, 15) is 5.11 Å². The second-order valence-corrected chi connectivity index (χ2v) is 5.02. The highest BCUT2D eigenvalue weighted by Crippen LogP contribution is 2.30. The van der Waals surface area contributed by atoms with E-state index in [2.05, 4.69) is 23.1 Å². The first-order valence-electron chi connectivity index (χ1n) is 6.00. The molecule has 3 nitrogen and oxygen atoms in total. The van der Waals surface area contributed by atoms with Crippen LogP contribution in [-0.2, 0) is 6.54 Å². The van der Waals surface area contributed by atoms with Gasteiger partial charge in [-0.05, 0) is 18.9 Å². The monoisotopic (exact) mass is 230 g/mol. The highest BCUT2D eigenvalue weighted by Gasteiger charge is 2.38. The summed E-state index contributed by atoms with van der Waals surface area (Å²) in [6.07, 6.45) is 0.183. The summed E-state index contributed by atoms with van der Waals surface area (Å²) in [5.74, 6) is 0. The van der Waals surface area contributed by atoms with Crippen LogP contribution in [0.15, 0.2) is 30.3 Å². The van der Waals surface area contributed by atoms with E-state index in [-0.39, 0.29) is 0 Å². The summed E-state index contributed by atoms with van der Waals surface area (Å²) >= 11 is 0. The van der Waals surface area contributed by atoms with Crippen LogP contribution in [0.25, 0.3) is 0 Å². The Kier molecular flexibility index (Phi) is 3.46. The van der Waals surface area contributed by atoms with Crippen molar-refractivity contribution in [1.82, 2.24) is 4.90 Å². The molecule has 2 rings (SSSR count). The second kappa shape index (κ2) is 4.87. The highest BCUT2D eigenvalue weighted by molar-refractivity contribution is 5.15. The fourth-order valence-electron chi connectivity index (χ4n) is 2.21. The number of β-amino-alcohol motifs (C(OH)–C–C–N with tert-alkyl or cyclic N) is 1. The molecule has 3 heteroatoms. The Morgan fingerprint density at radius 2 is 2.18 bits per heavy atom. The number of hydrogen-bond acceptors (Lipinski definition) is 3. The van der Waals surface area contributed by atoms with E-state index in [0.29, 0.717) is 6.54 Å². The molecule has 0 saturated carbocycles. The van der Waals surface area contributed by atoms with Gasteiger partial charge in [0.2, 0.25) is 0 Å². The van der Waals surface area contributed by atoms with Crippen molar-refractivity contribution >= 4 is 0 Å². The van der Waals surface area contributed by atoms with E-state index < -0.39 is 11.5 Å². The van der Waals surface area contributed by atoms with Gasteiger partial charge >= 0.3 is 0 Å². The van der Waals surface area contributed by atoms with Gasteiger partial charge in [0.05, 0.1) is 17.6 Å². The van der Waals surface area contributed by atoms with Crippen LogP contribution < -0.4 is 0 Å². The number of aliphatic hydroxyl groups excluding tert-OH is 1. The van der Waals surface area contributed by atoms with Crippen LogP contribution in [0, 0.1) is 16.7 Å². The van der Waals surface area contributed by atoms with Crippen molar-refractivity contribution in [2.45, 2.75) is 26.0 Å². The first-order valence-corrected chi connectivity index (χ1v) is 6.00. The zero-order chi connectivity index (χ0) is 12.3. The largest absolute Gasteiger partial charge is 0.390 e. The molecule has 17 heavy (non-hydrogen) atoms. The average molecular weight is 230 g/mol. The molecule has 0 unspecified atom stereocenters. The van der Waals surface area contributed by atoms with Crippen LogP contribution >= 0.6 is 0 Å². The molecular formula is C14H18N2O. The fraction of sp³-hybridized carbons (Fsp3) is 0.500. The fourth-order valence-corrected chi connectivity index (χ4v) is 2.21. The molecular weight excluding hydrogens is 212 g/mol. The van der Waals surface area contributed by atoms with Gasteiger partial charge in [-0.25, -0.2) is 0 Å². The maximum Gasteiger partial charge on any atom is 0.0851 e. The lowest BCUT2D eigenvalue weighted by Crippen LogP contribution is -2.48. The van der Waals surface area contributed by atoms with Crippen molar-refractivity contribution in [2.75, 3.05) is 13.1 Å². The Bertz CT molecular complexity index is 412. The predicted molar refractivity (Wildman–Crippen MR) is 66.1 cm³/mol. The summed E-state index contributed by atoms with van der Waals surface area (Å²) in [7, 11) is 0. The quantitative estimate of drug-likeness (QED) is 0.842. The predicted octanol–water partition coefficient (Wildman–Crippen LogP) is 1.78. The SMILES string of the molecule is C[C@@]1(C#N)CCN(Cc2ccccc2)C[C@@H]1O. The van der Waals surface area contributed by atoms with Crippen molar-refractivity contribution in [3.05, 3.63) is 35.9 Å². The summed E-state index contributed by atoms with van der Waals surface area (Å²) in [6, 6.07) is 12.5. The Morgan fingerprint density at radius 3 is 2.76 bits per heavy atom. The van der Waals surface area contributed by atoms with Crippen molar-refractivity contribution in [3.63, 3.8) is 0 Å². The molecule has 1 fully saturated rings. The summed E-state index contributed by atoms with van der Waals surface area (Å²) in [6.45, 7) is 4.14. The number of nitrogens with zero attached hydrogens (tertiary/aromatic N) is 2. The Labute approximate surface area is 102 Å². The van der Waals surface area contributed by atoms with Crippen LogP contribution in [0.3, 0.4) is 0 Å². The third kappa shape index (κ3) is 2.66. The molecule has 0 radical (unpaired) electrons. The van der Waals surface area contributed by atoms with Gasteiger partial charge < -0.3 is 5.11 Å². The molecule has 1 saturated heterocycles. The number of nitriles is 1. The molecule has 0 amide bonds. The number of aliphatic hydroxyl groups is 1. The zero-order valence-corrected chi connectivity index (χ0v) is 10.1. The smallest absolute Gasteiger partial charge is 0.0851 e. The minimum absolute atomic E-state index is 0.551. The van der Waals surface area contributed by atoms with Crippen molar-refractivity contribution < 1.29 is 5.11 Å². The van der Waals surface area contributed by atoms with Gasteiger partial charge in [0, 0.05) is 19.6 Å². The third-order valence-electron chi connectivity index (χ3n) is 3.62. The van der Waals surface area contributed by atoms with E-state index in [0.717, 1.165) is 19.5 Å². The van der Waals surface area contributed by atoms with E-state index in [1.807, 2.05) is 25.1 Å². The number of hydrogen-bond donors (Lipinski definition) is 1. The maximum absolute atomic E-state index is 10.0. The standard InChI is InChI=1S/C14H18N2O/c1-14(11-15)7-8-16(10-13(14)17)9-12-5-3-2-4-6-12/h2-6,13,17H,7-10H2,1H3/t13-,14-/m0/s1. The van der Waals surface area contributed by atoms with Gasteiger partial charge in [0.15, 0.2) is 0 Å².